The maximum Gasteiger partial charge on any atom is 0.123 e. The fraction of sp³-hybridized carbons (Fsp3) is 0.500. The fourth-order valence-electron chi connectivity index (χ4n) is 1.75. The first-order valence-corrected chi connectivity index (χ1v) is 6.65. The molecule has 0 amide bonds. The van der Waals surface area contributed by atoms with Crippen molar-refractivity contribution in [2.24, 2.45) is 0 Å². The van der Waals surface area contributed by atoms with Gasteiger partial charge in [0.2, 0.25) is 0 Å². The highest BCUT2D eigenvalue weighted by molar-refractivity contribution is 14.1. The largest absolute Gasteiger partial charge is 0.494 e. The Morgan fingerprint density at radius 1 is 1.38 bits per heavy atom. The van der Waals surface area contributed by atoms with Gasteiger partial charge in [0.05, 0.1) is 6.61 Å². The SMILES string of the molecule is CCOc1cccc(OC2CC(NI)C2)c1. The zero-order chi connectivity index (χ0) is 11.4. The van der Waals surface area contributed by atoms with Crippen LogP contribution < -0.4 is 13.0 Å². The maximum absolute atomic E-state index is 5.85. The number of nitrogens with one attached hydrogen (secondary N) is 1. The lowest BCUT2D eigenvalue weighted by Crippen LogP contribution is -2.43. The van der Waals surface area contributed by atoms with E-state index in [9.17, 15) is 0 Å². The monoisotopic (exact) mass is 333 g/mol. The van der Waals surface area contributed by atoms with Gasteiger partial charge in [0.25, 0.3) is 0 Å². The summed E-state index contributed by atoms with van der Waals surface area (Å²) >= 11 is 2.20. The summed E-state index contributed by atoms with van der Waals surface area (Å²) in [6.07, 6.45) is 2.52. The molecule has 0 aliphatic heterocycles. The van der Waals surface area contributed by atoms with Gasteiger partial charge in [-0.25, -0.2) is 0 Å². The number of halogens is 1. The van der Waals surface area contributed by atoms with E-state index in [-0.39, 0.29) is 0 Å². The molecule has 0 spiro atoms. The van der Waals surface area contributed by atoms with Crippen LogP contribution in [0, 0.1) is 0 Å². The quantitative estimate of drug-likeness (QED) is 0.664. The lowest BCUT2D eigenvalue weighted by atomic mass is 9.90. The van der Waals surface area contributed by atoms with Crippen molar-refractivity contribution in [2.45, 2.75) is 31.9 Å². The molecule has 3 nitrogen and oxygen atoms in total. The van der Waals surface area contributed by atoms with E-state index in [1.54, 1.807) is 0 Å². The highest BCUT2D eigenvalue weighted by Gasteiger charge is 2.29. The second-order valence-corrected chi connectivity index (χ2v) is 4.55. The van der Waals surface area contributed by atoms with Gasteiger partial charge in [0.1, 0.15) is 17.6 Å². The number of ether oxygens (including phenoxy) is 2. The summed E-state index contributed by atoms with van der Waals surface area (Å²) in [6, 6.07) is 8.46. The molecule has 0 unspecified atom stereocenters. The van der Waals surface area contributed by atoms with Crippen LogP contribution in [-0.2, 0) is 0 Å². The van der Waals surface area contributed by atoms with E-state index in [2.05, 4.69) is 26.4 Å². The van der Waals surface area contributed by atoms with Crippen LogP contribution in [0.4, 0.5) is 0 Å². The first-order chi connectivity index (χ1) is 7.81. The van der Waals surface area contributed by atoms with Gasteiger partial charge in [-0.3, -0.25) is 3.53 Å². The number of hydrogen-bond donors (Lipinski definition) is 1. The summed E-state index contributed by atoms with van der Waals surface area (Å²) in [5.74, 6) is 1.78. The van der Waals surface area contributed by atoms with Crippen LogP contribution in [0.2, 0.25) is 0 Å². The van der Waals surface area contributed by atoms with E-state index < -0.39 is 0 Å². The Labute approximate surface area is 110 Å². The summed E-state index contributed by atoms with van der Waals surface area (Å²) in [5, 5.41) is 0. The summed E-state index contributed by atoms with van der Waals surface area (Å²) < 4.78 is 14.5. The van der Waals surface area contributed by atoms with Gasteiger partial charge in [0, 0.05) is 47.8 Å². The zero-order valence-electron chi connectivity index (χ0n) is 9.28. The lowest BCUT2D eigenvalue weighted by molar-refractivity contribution is 0.0970. The van der Waals surface area contributed by atoms with Gasteiger partial charge < -0.3 is 9.47 Å². The van der Waals surface area contributed by atoms with Crippen LogP contribution in [0.3, 0.4) is 0 Å². The van der Waals surface area contributed by atoms with E-state index in [4.69, 9.17) is 9.47 Å². The van der Waals surface area contributed by atoms with Crippen LogP contribution in [0.25, 0.3) is 0 Å². The second kappa shape index (κ2) is 5.72. The third kappa shape index (κ3) is 3.01. The van der Waals surface area contributed by atoms with Crippen LogP contribution in [-0.4, -0.2) is 18.8 Å². The fourth-order valence-corrected chi connectivity index (χ4v) is 2.26. The first kappa shape index (κ1) is 12.0. The molecule has 0 atom stereocenters. The highest BCUT2D eigenvalue weighted by Crippen LogP contribution is 2.28. The zero-order valence-corrected chi connectivity index (χ0v) is 11.4. The molecule has 88 valence electrons. The smallest absolute Gasteiger partial charge is 0.123 e. The molecule has 1 N–H and O–H groups in total. The standard InChI is InChI=1S/C12H16INO2/c1-2-15-10-4-3-5-11(8-10)16-12-6-9(7-12)14-13/h3-5,8-9,12,14H,2,6-7H2,1H3. The van der Waals surface area contributed by atoms with Crippen molar-refractivity contribution in [1.82, 2.24) is 3.53 Å². The topological polar surface area (TPSA) is 30.5 Å². The molecule has 1 aliphatic rings. The van der Waals surface area contributed by atoms with Gasteiger partial charge >= 0.3 is 0 Å². The van der Waals surface area contributed by atoms with Crippen molar-refractivity contribution >= 4 is 22.9 Å². The Kier molecular flexibility index (Phi) is 4.29. The predicted molar refractivity (Wildman–Crippen MR) is 72.2 cm³/mol. The third-order valence-corrected chi connectivity index (χ3v) is 3.55. The molecule has 0 radical (unpaired) electrons. The van der Waals surface area contributed by atoms with E-state index in [1.807, 2.05) is 31.2 Å². The van der Waals surface area contributed by atoms with Crippen molar-refractivity contribution in [1.29, 1.82) is 0 Å². The molecule has 1 fully saturated rings. The van der Waals surface area contributed by atoms with E-state index >= 15 is 0 Å². The minimum absolute atomic E-state index is 0.351. The molecule has 16 heavy (non-hydrogen) atoms. The van der Waals surface area contributed by atoms with Crippen molar-refractivity contribution in [3.8, 4) is 11.5 Å². The average molecular weight is 333 g/mol. The lowest BCUT2D eigenvalue weighted by Gasteiger charge is -2.34. The molecular weight excluding hydrogens is 317 g/mol. The maximum atomic E-state index is 5.85. The van der Waals surface area contributed by atoms with Gasteiger partial charge in [-0.15, -0.1) is 0 Å². The van der Waals surface area contributed by atoms with E-state index in [0.29, 0.717) is 18.8 Å². The van der Waals surface area contributed by atoms with Crippen molar-refractivity contribution in [3.63, 3.8) is 0 Å². The Bertz CT molecular complexity index is 340. The molecule has 4 heteroatoms. The highest BCUT2D eigenvalue weighted by atomic mass is 127. The van der Waals surface area contributed by atoms with Crippen LogP contribution in [0.15, 0.2) is 24.3 Å². The first-order valence-electron chi connectivity index (χ1n) is 5.57. The molecule has 0 saturated heterocycles. The molecule has 1 aromatic carbocycles. The Hall–Kier alpha value is -0.490. The van der Waals surface area contributed by atoms with Crippen LogP contribution in [0.1, 0.15) is 19.8 Å². The van der Waals surface area contributed by atoms with E-state index in [1.165, 1.54) is 0 Å². The molecule has 1 saturated carbocycles. The molecule has 2 rings (SSSR count). The van der Waals surface area contributed by atoms with Gasteiger partial charge in [-0.2, -0.15) is 0 Å². The number of benzene rings is 1. The van der Waals surface area contributed by atoms with Crippen molar-refractivity contribution in [2.75, 3.05) is 6.61 Å². The number of rotatable bonds is 5. The Morgan fingerprint density at radius 3 is 2.81 bits per heavy atom. The minimum Gasteiger partial charge on any atom is -0.494 e. The average Bonchev–Trinajstić information content (AvgIpc) is 2.24. The molecular formula is C12H16INO2. The Balaban J connectivity index is 1.87. The molecule has 0 bridgehead atoms. The minimum atomic E-state index is 0.351. The van der Waals surface area contributed by atoms with E-state index in [0.717, 1.165) is 24.3 Å². The normalized spacial score (nSPS) is 23.6. The molecule has 1 aromatic rings. The summed E-state index contributed by atoms with van der Waals surface area (Å²) in [5.41, 5.74) is 0. The second-order valence-electron chi connectivity index (χ2n) is 3.93. The molecule has 0 heterocycles. The molecule has 1 aliphatic carbocycles. The van der Waals surface area contributed by atoms with Crippen molar-refractivity contribution in [3.05, 3.63) is 24.3 Å². The predicted octanol–water partition coefficient (Wildman–Crippen LogP) is 2.93. The van der Waals surface area contributed by atoms with Gasteiger partial charge in [-0.05, 0) is 19.1 Å². The summed E-state index contributed by atoms with van der Waals surface area (Å²) in [6.45, 7) is 2.67. The van der Waals surface area contributed by atoms with Crippen LogP contribution in [0.5, 0.6) is 11.5 Å². The summed E-state index contributed by atoms with van der Waals surface area (Å²) in [7, 11) is 0. The number of hydrogen-bond acceptors (Lipinski definition) is 3. The third-order valence-electron chi connectivity index (χ3n) is 2.67. The van der Waals surface area contributed by atoms with Crippen LogP contribution >= 0.6 is 22.9 Å². The van der Waals surface area contributed by atoms with Gasteiger partial charge in [0.15, 0.2) is 0 Å². The van der Waals surface area contributed by atoms with Crippen molar-refractivity contribution < 1.29 is 9.47 Å². The summed E-state index contributed by atoms with van der Waals surface area (Å²) in [4.78, 5) is 0. The molecule has 0 aromatic heterocycles. The Morgan fingerprint density at radius 2 is 2.12 bits per heavy atom. The van der Waals surface area contributed by atoms with Gasteiger partial charge in [-0.1, -0.05) is 6.07 Å².